The van der Waals surface area contributed by atoms with E-state index >= 15 is 0 Å². The van der Waals surface area contributed by atoms with Crippen molar-refractivity contribution < 1.29 is 0 Å². The fourth-order valence-electron chi connectivity index (χ4n) is 8.60. The van der Waals surface area contributed by atoms with Crippen LogP contribution >= 0.6 is 8.19 Å². The van der Waals surface area contributed by atoms with Crippen molar-refractivity contribution in [3.8, 4) is 55.9 Å². The Labute approximate surface area is 339 Å². The topological polar surface area (TPSA) is 38.7 Å². The van der Waals surface area contributed by atoms with Crippen LogP contribution in [0.3, 0.4) is 0 Å². The first kappa shape index (κ1) is 34.2. The maximum absolute atomic E-state index is 5.61. The van der Waals surface area contributed by atoms with Crippen LogP contribution in [0.1, 0.15) is 34.2 Å². The van der Waals surface area contributed by atoms with Crippen molar-refractivity contribution in [2.45, 2.75) is 11.8 Å². The largest absolute Gasteiger partial charge is 0.251 e. The van der Waals surface area contributed by atoms with Gasteiger partial charge in [0.15, 0.2) is 5.82 Å². The summed E-state index contributed by atoms with van der Waals surface area (Å²) < 4.78 is 0. The van der Waals surface area contributed by atoms with Crippen LogP contribution in [0.25, 0.3) is 78.5 Å². The predicted molar refractivity (Wildman–Crippen MR) is 241 cm³/mol. The summed E-state index contributed by atoms with van der Waals surface area (Å²) in [4.78, 5) is 15.8. The third-order valence-corrected chi connectivity index (χ3v) is 12.8. The second kappa shape index (κ2) is 14.5. The molecule has 2 unspecified atom stereocenters. The average Bonchev–Trinajstić information content (AvgIpc) is 3.62. The van der Waals surface area contributed by atoms with E-state index in [-0.39, 0.29) is 11.8 Å². The van der Waals surface area contributed by atoms with Gasteiger partial charge < -0.3 is 0 Å². The number of allylic oxidation sites excluding steroid dienone is 4. The van der Waals surface area contributed by atoms with E-state index in [0.29, 0.717) is 5.82 Å². The standard InChI is InChI=1S/C54H36N3P/c1-4-14-35(15-5-1)36-26-30-39(31-27-36)47-34-48(57-54(56-47)41-18-8-3-9-19-41)40-32-28-38(29-33-40)43-22-12-23-45-52(43)55-46-24-13-21-42(37-16-6-2-7-17-37)50(46)51-44-20-10-11-25-49(44)58-53(45)51/h1-34,42-43H. The molecule has 3 nitrogen and oxygen atoms in total. The quantitative estimate of drug-likeness (QED) is 0.170. The van der Waals surface area contributed by atoms with Crippen LogP contribution in [0.5, 0.6) is 0 Å². The summed E-state index contributed by atoms with van der Waals surface area (Å²) >= 11 is 0. The highest BCUT2D eigenvalue weighted by atomic mass is 31.0. The zero-order valence-electron chi connectivity index (χ0n) is 31.6. The SMILES string of the molecule is C1=CC(c2ccccc2)c2c3c4ccccc4pc-3c3c(nc2=C1)C(c1ccc(-c2cc(-c4ccc(-c5ccccc5)cc4)nc(-c4ccccc4)n2)cc1)C=CC=3. The fraction of sp³-hybridized carbons (Fsp3) is 0.0370. The van der Waals surface area contributed by atoms with Gasteiger partial charge in [-0.05, 0) is 51.4 Å². The summed E-state index contributed by atoms with van der Waals surface area (Å²) in [6.07, 6.45) is 13.5. The van der Waals surface area contributed by atoms with Crippen molar-refractivity contribution >= 4 is 30.8 Å². The number of hydrogen-bond acceptors (Lipinski definition) is 3. The van der Waals surface area contributed by atoms with Crippen molar-refractivity contribution in [1.82, 2.24) is 15.0 Å². The molecule has 7 aromatic rings. The summed E-state index contributed by atoms with van der Waals surface area (Å²) in [5, 5.41) is 6.29. The zero-order valence-corrected chi connectivity index (χ0v) is 32.5. The van der Waals surface area contributed by atoms with Gasteiger partial charge in [0.1, 0.15) is 0 Å². The number of fused-ring (bicyclic) bond motifs is 7. The Bertz CT molecular complexity index is 3140. The molecule has 272 valence electrons. The van der Waals surface area contributed by atoms with Crippen molar-refractivity contribution in [3.05, 3.63) is 227 Å². The lowest BCUT2D eigenvalue weighted by Gasteiger charge is -2.18. The van der Waals surface area contributed by atoms with Gasteiger partial charge in [-0.1, -0.05) is 196 Å². The molecule has 4 aliphatic rings. The van der Waals surface area contributed by atoms with Crippen LogP contribution in [0.4, 0.5) is 0 Å². The summed E-state index contributed by atoms with van der Waals surface area (Å²) in [6.45, 7) is 0. The Morgan fingerprint density at radius 1 is 0.448 bits per heavy atom. The Morgan fingerprint density at radius 3 is 1.72 bits per heavy atom. The molecule has 2 atom stereocenters. The molecule has 11 rings (SSSR count). The second-order valence-corrected chi connectivity index (χ2v) is 16.1. The lowest BCUT2D eigenvalue weighted by atomic mass is 9.85. The van der Waals surface area contributed by atoms with E-state index in [1.807, 2.05) is 24.3 Å². The van der Waals surface area contributed by atoms with Crippen LogP contribution in [0, 0.1) is 0 Å². The third-order valence-electron chi connectivity index (χ3n) is 11.5. The number of rotatable bonds is 6. The molecular weight excluding hydrogens is 722 g/mol. The van der Waals surface area contributed by atoms with Gasteiger partial charge in [0, 0.05) is 49.7 Å². The molecule has 3 heterocycles. The van der Waals surface area contributed by atoms with Crippen molar-refractivity contribution in [3.63, 3.8) is 0 Å². The molecule has 2 aliphatic carbocycles. The lowest BCUT2D eigenvalue weighted by molar-refractivity contribution is 0.918. The minimum absolute atomic E-state index is 0.00740. The smallest absolute Gasteiger partial charge is 0.160 e. The van der Waals surface area contributed by atoms with E-state index in [4.69, 9.17) is 15.0 Å². The Hall–Kier alpha value is -7.06. The van der Waals surface area contributed by atoms with Crippen LogP contribution < -0.4 is 10.6 Å². The van der Waals surface area contributed by atoms with Crippen LogP contribution in [-0.4, -0.2) is 15.0 Å². The van der Waals surface area contributed by atoms with Gasteiger partial charge in [0.2, 0.25) is 0 Å². The van der Waals surface area contributed by atoms with Crippen LogP contribution in [0.15, 0.2) is 194 Å². The Morgan fingerprint density at radius 2 is 1.00 bits per heavy atom. The molecule has 1 aromatic heterocycles. The summed E-state index contributed by atoms with van der Waals surface area (Å²) in [7, 11) is 1.22. The maximum Gasteiger partial charge on any atom is 0.160 e. The molecule has 0 spiro atoms. The molecule has 2 aliphatic heterocycles. The maximum atomic E-state index is 5.61. The molecule has 6 aromatic carbocycles. The van der Waals surface area contributed by atoms with Gasteiger partial charge in [-0.2, -0.15) is 0 Å². The van der Waals surface area contributed by atoms with Crippen molar-refractivity contribution in [1.29, 1.82) is 0 Å². The highest BCUT2D eigenvalue weighted by Crippen LogP contribution is 2.46. The third kappa shape index (κ3) is 6.09. The van der Waals surface area contributed by atoms with E-state index in [0.717, 1.165) is 39.1 Å². The summed E-state index contributed by atoms with van der Waals surface area (Å²) in [5.41, 5.74) is 13.4. The van der Waals surface area contributed by atoms with Crippen molar-refractivity contribution in [2.75, 3.05) is 0 Å². The minimum Gasteiger partial charge on any atom is -0.251 e. The first-order valence-corrected chi connectivity index (χ1v) is 20.7. The molecule has 58 heavy (non-hydrogen) atoms. The average molecular weight is 758 g/mol. The molecule has 0 radical (unpaired) electrons. The molecule has 0 bridgehead atoms. The summed E-state index contributed by atoms with van der Waals surface area (Å²) in [5.74, 6) is 0.814. The number of benzene rings is 6. The van der Waals surface area contributed by atoms with Gasteiger partial charge >= 0.3 is 0 Å². The first-order chi connectivity index (χ1) is 28.7. The number of aromatic nitrogens is 3. The lowest BCUT2D eigenvalue weighted by Crippen LogP contribution is -2.22. The molecular formula is C54H36N3P. The highest BCUT2D eigenvalue weighted by Gasteiger charge is 2.28. The molecule has 0 saturated carbocycles. The van der Waals surface area contributed by atoms with E-state index in [1.165, 1.54) is 62.6 Å². The summed E-state index contributed by atoms with van der Waals surface area (Å²) in [6, 6.07) is 60.2. The zero-order chi connectivity index (χ0) is 38.4. The van der Waals surface area contributed by atoms with Crippen LogP contribution in [-0.2, 0) is 0 Å². The van der Waals surface area contributed by atoms with Gasteiger partial charge in [0.05, 0.1) is 22.4 Å². The van der Waals surface area contributed by atoms with E-state index in [2.05, 4.69) is 182 Å². The van der Waals surface area contributed by atoms with Gasteiger partial charge in [-0.15, -0.1) is 0 Å². The second-order valence-electron chi connectivity index (χ2n) is 14.9. The molecule has 0 N–H and O–H groups in total. The monoisotopic (exact) mass is 757 g/mol. The van der Waals surface area contributed by atoms with E-state index in [9.17, 15) is 0 Å². The predicted octanol–water partition coefficient (Wildman–Crippen LogP) is 12.3. The molecule has 4 heteroatoms. The number of hydrogen-bond donors (Lipinski definition) is 0. The Balaban J connectivity index is 1.02. The van der Waals surface area contributed by atoms with Gasteiger partial charge in [0.25, 0.3) is 0 Å². The first-order valence-electron chi connectivity index (χ1n) is 19.8. The highest BCUT2D eigenvalue weighted by molar-refractivity contribution is 7.41. The Kier molecular flexibility index (Phi) is 8.53. The molecule has 0 amide bonds. The fourth-order valence-corrected chi connectivity index (χ4v) is 9.97. The molecule has 0 saturated heterocycles. The minimum atomic E-state index is -0.00740. The van der Waals surface area contributed by atoms with Gasteiger partial charge in [-0.3, -0.25) is 4.98 Å². The number of nitrogens with zero attached hydrogens (tertiary/aromatic N) is 3. The molecule has 0 fully saturated rings. The van der Waals surface area contributed by atoms with Crippen molar-refractivity contribution in [2.24, 2.45) is 0 Å². The van der Waals surface area contributed by atoms with Gasteiger partial charge in [-0.25, -0.2) is 9.97 Å². The van der Waals surface area contributed by atoms with Crippen LogP contribution in [0.2, 0.25) is 0 Å². The van der Waals surface area contributed by atoms with E-state index in [1.54, 1.807) is 0 Å². The van der Waals surface area contributed by atoms with E-state index < -0.39 is 0 Å². The normalized spacial score (nSPS) is 15.5.